The molecule has 0 aliphatic rings. The second-order valence-corrected chi connectivity index (χ2v) is 5.68. The summed E-state index contributed by atoms with van der Waals surface area (Å²) in [6, 6.07) is 6.33. The lowest BCUT2D eigenvalue weighted by Gasteiger charge is -2.15. The van der Waals surface area contributed by atoms with Crippen molar-refractivity contribution in [2.75, 3.05) is 6.54 Å². The first-order chi connectivity index (χ1) is 11.4. The Balaban J connectivity index is 2.89. The van der Waals surface area contributed by atoms with Crippen LogP contribution in [0.1, 0.15) is 63.3 Å². The zero-order valence-electron chi connectivity index (χ0n) is 14.1. The highest BCUT2D eigenvalue weighted by Crippen LogP contribution is 2.30. The van der Waals surface area contributed by atoms with Crippen LogP contribution in [0.25, 0.3) is 10.8 Å². The number of carbonyl (C=O) groups is 3. The van der Waals surface area contributed by atoms with Crippen molar-refractivity contribution in [3.8, 4) is 0 Å². The molecular weight excluding hydrogens is 306 g/mol. The summed E-state index contributed by atoms with van der Waals surface area (Å²) in [7, 11) is 0. The Morgan fingerprint density at radius 3 is 2.17 bits per heavy atom. The molecule has 2 rings (SSSR count). The van der Waals surface area contributed by atoms with E-state index < -0.39 is 5.97 Å². The molecule has 0 aromatic heterocycles. The van der Waals surface area contributed by atoms with E-state index in [1.165, 1.54) is 12.1 Å². The Morgan fingerprint density at radius 2 is 1.58 bits per heavy atom. The second-order valence-electron chi connectivity index (χ2n) is 5.68. The van der Waals surface area contributed by atoms with Gasteiger partial charge in [0.2, 0.25) is 0 Å². The number of carboxylic acid groups (broad SMARTS) is 1. The molecule has 2 N–H and O–H groups in total. The number of fused-ring (bicyclic) bond motifs is 1. The number of hydrogen-bond donors (Lipinski definition) is 2. The Bertz CT molecular complexity index is 824. The first kappa shape index (κ1) is 17.7. The van der Waals surface area contributed by atoms with Gasteiger partial charge in [-0.15, -0.1) is 0 Å². The summed E-state index contributed by atoms with van der Waals surface area (Å²) in [6.45, 7) is 5.99. The number of hydrogen-bond acceptors (Lipinski definition) is 3. The normalized spacial score (nSPS) is 10.6. The molecule has 126 valence electrons. The zero-order valence-corrected chi connectivity index (χ0v) is 14.1. The van der Waals surface area contributed by atoms with Crippen LogP contribution in [0.2, 0.25) is 0 Å². The van der Waals surface area contributed by atoms with E-state index in [2.05, 4.69) is 5.32 Å². The van der Waals surface area contributed by atoms with Gasteiger partial charge in [0, 0.05) is 29.5 Å². The topological polar surface area (TPSA) is 83.5 Å². The van der Waals surface area contributed by atoms with Crippen molar-refractivity contribution in [1.82, 2.24) is 5.32 Å². The number of nitrogens with one attached hydrogen (secondary N) is 1. The fourth-order valence-corrected chi connectivity index (χ4v) is 2.88. The maximum Gasteiger partial charge on any atom is 0.336 e. The summed E-state index contributed by atoms with van der Waals surface area (Å²) in [5.74, 6) is -1.50. The molecule has 0 bridgehead atoms. The highest BCUT2D eigenvalue weighted by atomic mass is 16.4. The van der Waals surface area contributed by atoms with Gasteiger partial charge in [0.25, 0.3) is 5.91 Å². The molecule has 0 spiro atoms. The maximum atomic E-state index is 12.5. The van der Waals surface area contributed by atoms with Gasteiger partial charge in [-0.05, 0) is 43.4 Å². The highest BCUT2D eigenvalue weighted by Gasteiger charge is 2.21. The molecule has 0 heterocycles. The van der Waals surface area contributed by atoms with Gasteiger partial charge in [0.1, 0.15) is 0 Å². The third kappa shape index (κ3) is 3.15. The molecule has 5 nitrogen and oxygen atoms in total. The van der Waals surface area contributed by atoms with Crippen LogP contribution in [0, 0.1) is 6.92 Å². The number of aryl methyl sites for hydroxylation is 1. The van der Waals surface area contributed by atoms with Gasteiger partial charge in [-0.25, -0.2) is 4.79 Å². The van der Waals surface area contributed by atoms with Gasteiger partial charge in [-0.3, -0.25) is 9.59 Å². The minimum atomic E-state index is -1.11. The van der Waals surface area contributed by atoms with E-state index in [0.29, 0.717) is 41.3 Å². The molecule has 1 amide bonds. The molecule has 0 aliphatic carbocycles. The third-order valence-corrected chi connectivity index (χ3v) is 3.96. The Morgan fingerprint density at radius 1 is 0.958 bits per heavy atom. The van der Waals surface area contributed by atoms with Gasteiger partial charge >= 0.3 is 5.97 Å². The summed E-state index contributed by atoms with van der Waals surface area (Å²) >= 11 is 0. The molecule has 0 aliphatic heterocycles. The lowest BCUT2D eigenvalue weighted by molar-refractivity contribution is 0.0698. The van der Waals surface area contributed by atoms with Crippen LogP contribution >= 0.6 is 0 Å². The van der Waals surface area contributed by atoms with E-state index >= 15 is 0 Å². The number of aromatic carboxylic acids is 1. The number of amides is 1. The van der Waals surface area contributed by atoms with Crippen molar-refractivity contribution in [3.05, 3.63) is 46.5 Å². The van der Waals surface area contributed by atoms with Gasteiger partial charge < -0.3 is 10.4 Å². The minimum absolute atomic E-state index is 0.0428. The van der Waals surface area contributed by atoms with Crippen LogP contribution in [0.3, 0.4) is 0 Å². The Labute approximate surface area is 140 Å². The summed E-state index contributed by atoms with van der Waals surface area (Å²) in [6.07, 6.45) is 1.01. The number of carbonyl (C=O) groups excluding carboxylic acids is 2. The zero-order chi connectivity index (χ0) is 17.9. The monoisotopic (exact) mass is 327 g/mol. The number of rotatable bonds is 6. The summed E-state index contributed by atoms with van der Waals surface area (Å²) in [5, 5.41) is 13.1. The first-order valence-corrected chi connectivity index (χ1v) is 8.03. The molecule has 0 saturated carbocycles. The molecule has 0 atom stereocenters. The summed E-state index contributed by atoms with van der Waals surface area (Å²) in [4.78, 5) is 36.5. The van der Waals surface area contributed by atoms with Crippen molar-refractivity contribution in [1.29, 1.82) is 0 Å². The predicted octanol–water partition coefficient (Wildman–Crippen LogP) is 3.58. The number of Topliss-reactive ketones (excluding diaryl/α,β-unsaturated/α-hetero) is 1. The van der Waals surface area contributed by atoms with Crippen LogP contribution in [0.15, 0.2) is 24.3 Å². The van der Waals surface area contributed by atoms with Crippen molar-refractivity contribution >= 4 is 28.4 Å². The third-order valence-electron chi connectivity index (χ3n) is 3.96. The van der Waals surface area contributed by atoms with Crippen molar-refractivity contribution in [2.45, 2.75) is 33.6 Å². The number of ketones is 1. The SMILES string of the molecule is CCCC(=O)c1ccc(C)c2c(C(=O)NCC)ccc(C(=O)O)c12. The number of carboxylic acids is 1. The standard InChI is InChI=1S/C19H21NO4/c1-4-6-15(21)12-8-7-11(3)16-13(18(22)20-5-2)9-10-14(17(12)16)19(23)24/h7-10H,4-6H2,1-3H3,(H,20,22)(H,23,24). The lowest BCUT2D eigenvalue weighted by atomic mass is 9.89. The fourth-order valence-electron chi connectivity index (χ4n) is 2.88. The number of benzene rings is 2. The van der Waals surface area contributed by atoms with E-state index in [0.717, 1.165) is 5.56 Å². The lowest BCUT2D eigenvalue weighted by Crippen LogP contribution is -2.23. The van der Waals surface area contributed by atoms with Crippen molar-refractivity contribution < 1.29 is 19.5 Å². The van der Waals surface area contributed by atoms with E-state index in [9.17, 15) is 19.5 Å². The van der Waals surface area contributed by atoms with Crippen molar-refractivity contribution in [3.63, 3.8) is 0 Å². The molecule has 2 aromatic rings. The van der Waals surface area contributed by atoms with Crippen molar-refractivity contribution in [2.24, 2.45) is 0 Å². The van der Waals surface area contributed by atoms with Gasteiger partial charge in [-0.1, -0.05) is 19.1 Å². The second kappa shape index (κ2) is 7.25. The van der Waals surface area contributed by atoms with E-state index in [1.807, 2.05) is 20.8 Å². The van der Waals surface area contributed by atoms with E-state index in [4.69, 9.17) is 0 Å². The molecule has 5 heteroatoms. The predicted molar refractivity (Wildman–Crippen MR) is 92.9 cm³/mol. The summed E-state index contributed by atoms with van der Waals surface area (Å²) < 4.78 is 0. The van der Waals surface area contributed by atoms with Gasteiger partial charge in [0.05, 0.1) is 5.56 Å². The van der Waals surface area contributed by atoms with Crippen LogP contribution in [-0.2, 0) is 0 Å². The molecule has 2 aromatic carbocycles. The minimum Gasteiger partial charge on any atom is -0.478 e. The molecule has 0 unspecified atom stereocenters. The van der Waals surface area contributed by atoms with Crippen LogP contribution in [-0.4, -0.2) is 29.3 Å². The Hall–Kier alpha value is -2.69. The van der Waals surface area contributed by atoms with E-state index in [1.54, 1.807) is 12.1 Å². The summed E-state index contributed by atoms with van der Waals surface area (Å²) in [5.41, 5.74) is 1.56. The van der Waals surface area contributed by atoms with Crippen LogP contribution in [0.4, 0.5) is 0 Å². The highest BCUT2D eigenvalue weighted by molar-refractivity contribution is 6.20. The molecule has 0 radical (unpaired) electrons. The smallest absolute Gasteiger partial charge is 0.336 e. The molecule has 0 saturated heterocycles. The fraction of sp³-hybridized carbons (Fsp3) is 0.316. The van der Waals surface area contributed by atoms with Crippen LogP contribution < -0.4 is 5.32 Å². The van der Waals surface area contributed by atoms with Gasteiger partial charge in [0.15, 0.2) is 5.78 Å². The quantitative estimate of drug-likeness (QED) is 0.794. The largest absolute Gasteiger partial charge is 0.478 e. The molecular formula is C19H21NO4. The van der Waals surface area contributed by atoms with Gasteiger partial charge in [-0.2, -0.15) is 0 Å². The average molecular weight is 327 g/mol. The van der Waals surface area contributed by atoms with Crippen LogP contribution in [0.5, 0.6) is 0 Å². The molecule has 0 fully saturated rings. The molecule has 24 heavy (non-hydrogen) atoms. The Kier molecular flexibility index (Phi) is 5.34. The first-order valence-electron chi connectivity index (χ1n) is 8.03. The van der Waals surface area contributed by atoms with E-state index in [-0.39, 0.29) is 17.3 Å². The average Bonchev–Trinajstić information content (AvgIpc) is 2.54. The maximum absolute atomic E-state index is 12.5.